The van der Waals surface area contributed by atoms with Gasteiger partial charge in [-0.25, -0.2) is 5.43 Å². The van der Waals surface area contributed by atoms with E-state index in [0.29, 0.717) is 0 Å². The van der Waals surface area contributed by atoms with Crippen LogP contribution in [0.1, 0.15) is 37.8 Å². The summed E-state index contributed by atoms with van der Waals surface area (Å²) in [6.45, 7) is 8.13. The molecule has 28 heavy (non-hydrogen) atoms. The fraction of sp³-hybridized carbons (Fsp3) is 0.318. The number of hydrogen-bond acceptors (Lipinski definition) is 4. The monoisotopic (exact) mass is 380 g/mol. The van der Waals surface area contributed by atoms with E-state index in [0.717, 1.165) is 35.6 Å². The molecule has 148 valence electrons. The van der Waals surface area contributed by atoms with Crippen molar-refractivity contribution in [2.24, 2.45) is 5.10 Å². The van der Waals surface area contributed by atoms with Crippen LogP contribution in [-0.2, 0) is 9.59 Å². The summed E-state index contributed by atoms with van der Waals surface area (Å²) in [5, 5.41) is 6.73. The number of hydrazone groups is 1. The molecule has 0 bridgehead atoms. The summed E-state index contributed by atoms with van der Waals surface area (Å²) in [6, 6.07) is 15.5. The number of nitrogens with one attached hydrogen (secondary N) is 2. The molecule has 2 amide bonds. The summed E-state index contributed by atoms with van der Waals surface area (Å²) in [6.07, 6.45) is 1.78. The number of amides is 2. The molecule has 0 aliphatic rings. The summed E-state index contributed by atoms with van der Waals surface area (Å²) < 4.78 is 0. The van der Waals surface area contributed by atoms with Gasteiger partial charge in [-0.1, -0.05) is 29.8 Å². The molecule has 0 saturated heterocycles. The third-order valence-electron chi connectivity index (χ3n) is 4.34. The normalized spacial score (nSPS) is 10.7. The number of aryl methyl sites for hydroxylation is 1. The fourth-order valence-corrected chi connectivity index (χ4v) is 2.68. The van der Waals surface area contributed by atoms with Gasteiger partial charge in [0.05, 0.1) is 6.21 Å². The lowest BCUT2D eigenvalue weighted by molar-refractivity contribution is -0.124. The lowest BCUT2D eigenvalue weighted by Crippen LogP contribution is -2.21. The number of carbonyl (C=O) groups is 2. The molecule has 0 unspecified atom stereocenters. The van der Waals surface area contributed by atoms with Gasteiger partial charge in [-0.15, -0.1) is 0 Å². The molecule has 0 saturated carbocycles. The number of carbonyl (C=O) groups excluding carboxylic acids is 2. The molecular formula is C22H28N4O2. The van der Waals surface area contributed by atoms with E-state index in [1.807, 2.05) is 55.5 Å². The van der Waals surface area contributed by atoms with Gasteiger partial charge >= 0.3 is 0 Å². The standard InChI is InChI=1S/C22H28N4O2/c1-4-26(5-2)20-12-8-18(9-13-20)16-23-25-22(28)15-14-21(27)24-19-10-6-17(3)7-11-19/h6-13,16H,4-5,14-15H2,1-3H3,(H,24,27)(H,25,28)/b23-16+. The molecule has 2 rings (SSSR count). The van der Waals surface area contributed by atoms with E-state index in [1.165, 1.54) is 0 Å². The average molecular weight is 380 g/mol. The predicted octanol–water partition coefficient (Wildman–Crippen LogP) is 3.71. The van der Waals surface area contributed by atoms with Crippen molar-refractivity contribution in [1.29, 1.82) is 0 Å². The van der Waals surface area contributed by atoms with E-state index >= 15 is 0 Å². The summed E-state index contributed by atoms with van der Waals surface area (Å²) in [5.41, 5.74) is 6.36. The van der Waals surface area contributed by atoms with Crippen LogP contribution in [0.5, 0.6) is 0 Å². The minimum Gasteiger partial charge on any atom is -0.372 e. The number of rotatable bonds is 9. The van der Waals surface area contributed by atoms with E-state index in [4.69, 9.17) is 0 Å². The SMILES string of the molecule is CCN(CC)c1ccc(/C=N/NC(=O)CCC(=O)Nc2ccc(C)cc2)cc1. The van der Waals surface area contributed by atoms with Crippen molar-refractivity contribution in [2.45, 2.75) is 33.6 Å². The van der Waals surface area contributed by atoms with Crippen LogP contribution in [0, 0.1) is 6.92 Å². The Labute approximate surface area is 166 Å². The Morgan fingerprint density at radius 2 is 1.54 bits per heavy atom. The van der Waals surface area contributed by atoms with Crippen molar-refractivity contribution in [3.8, 4) is 0 Å². The van der Waals surface area contributed by atoms with Gasteiger partial charge in [0.15, 0.2) is 0 Å². The van der Waals surface area contributed by atoms with Crippen LogP contribution >= 0.6 is 0 Å². The predicted molar refractivity (Wildman–Crippen MR) is 115 cm³/mol. The number of anilines is 2. The third kappa shape index (κ3) is 6.87. The Balaban J connectivity index is 1.74. The van der Waals surface area contributed by atoms with Gasteiger partial charge in [-0.2, -0.15) is 5.10 Å². The van der Waals surface area contributed by atoms with E-state index in [2.05, 4.69) is 34.6 Å². The molecule has 0 heterocycles. The highest BCUT2D eigenvalue weighted by molar-refractivity contribution is 5.93. The van der Waals surface area contributed by atoms with Gasteiger partial charge in [0, 0.05) is 37.3 Å². The third-order valence-corrected chi connectivity index (χ3v) is 4.34. The van der Waals surface area contributed by atoms with Crippen molar-refractivity contribution in [1.82, 2.24) is 5.43 Å². The molecule has 0 radical (unpaired) electrons. The summed E-state index contributed by atoms with van der Waals surface area (Å²) in [4.78, 5) is 26.0. The van der Waals surface area contributed by atoms with Crippen LogP contribution in [0.2, 0.25) is 0 Å². The number of nitrogens with zero attached hydrogens (tertiary/aromatic N) is 2. The van der Waals surface area contributed by atoms with E-state index < -0.39 is 0 Å². The minimum absolute atomic E-state index is 0.0793. The maximum atomic E-state index is 11.9. The Hall–Kier alpha value is -3.15. The second-order valence-corrected chi connectivity index (χ2v) is 6.47. The summed E-state index contributed by atoms with van der Waals surface area (Å²) in [5.74, 6) is -0.495. The summed E-state index contributed by atoms with van der Waals surface area (Å²) in [7, 11) is 0. The Morgan fingerprint density at radius 1 is 0.929 bits per heavy atom. The highest BCUT2D eigenvalue weighted by Gasteiger charge is 2.06. The largest absolute Gasteiger partial charge is 0.372 e. The zero-order chi connectivity index (χ0) is 20.4. The smallest absolute Gasteiger partial charge is 0.240 e. The van der Waals surface area contributed by atoms with Crippen molar-refractivity contribution in [3.05, 3.63) is 59.7 Å². The average Bonchev–Trinajstić information content (AvgIpc) is 2.70. The van der Waals surface area contributed by atoms with Crippen LogP contribution < -0.4 is 15.6 Å². The molecule has 6 heteroatoms. The van der Waals surface area contributed by atoms with Crippen molar-refractivity contribution in [2.75, 3.05) is 23.3 Å². The lowest BCUT2D eigenvalue weighted by Gasteiger charge is -2.20. The fourth-order valence-electron chi connectivity index (χ4n) is 2.68. The first-order valence-corrected chi connectivity index (χ1v) is 9.55. The van der Waals surface area contributed by atoms with Crippen LogP contribution in [0.25, 0.3) is 0 Å². The molecule has 0 fully saturated rings. The van der Waals surface area contributed by atoms with Gasteiger partial charge in [0.25, 0.3) is 0 Å². The second-order valence-electron chi connectivity index (χ2n) is 6.47. The Kier molecular flexibility index (Phi) is 8.21. The topological polar surface area (TPSA) is 73.8 Å². The van der Waals surface area contributed by atoms with Crippen molar-refractivity contribution in [3.63, 3.8) is 0 Å². The Morgan fingerprint density at radius 3 is 2.14 bits per heavy atom. The van der Waals surface area contributed by atoms with E-state index in [1.54, 1.807) is 6.21 Å². The van der Waals surface area contributed by atoms with Gasteiger partial charge in [-0.3, -0.25) is 9.59 Å². The van der Waals surface area contributed by atoms with Gasteiger partial charge in [0.1, 0.15) is 0 Å². The zero-order valence-corrected chi connectivity index (χ0v) is 16.7. The first kappa shape index (κ1) is 21.2. The molecule has 6 nitrogen and oxygen atoms in total. The molecule has 2 aromatic carbocycles. The minimum atomic E-state index is -0.296. The zero-order valence-electron chi connectivity index (χ0n) is 16.7. The lowest BCUT2D eigenvalue weighted by atomic mass is 10.2. The van der Waals surface area contributed by atoms with Crippen LogP contribution in [0.4, 0.5) is 11.4 Å². The maximum Gasteiger partial charge on any atom is 0.240 e. The molecule has 2 aromatic rings. The molecule has 0 spiro atoms. The van der Waals surface area contributed by atoms with Crippen LogP contribution in [0.3, 0.4) is 0 Å². The number of benzene rings is 2. The van der Waals surface area contributed by atoms with Crippen LogP contribution in [0.15, 0.2) is 53.6 Å². The Bertz CT molecular complexity index is 794. The highest BCUT2D eigenvalue weighted by Crippen LogP contribution is 2.14. The van der Waals surface area contributed by atoms with Gasteiger partial charge < -0.3 is 10.2 Å². The quantitative estimate of drug-likeness (QED) is 0.514. The number of hydrogen-bond donors (Lipinski definition) is 2. The van der Waals surface area contributed by atoms with E-state index in [9.17, 15) is 9.59 Å². The van der Waals surface area contributed by atoms with Crippen LogP contribution in [-0.4, -0.2) is 31.1 Å². The van der Waals surface area contributed by atoms with Gasteiger partial charge in [0.2, 0.25) is 11.8 Å². The maximum absolute atomic E-state index is 11.9. The molecule has 2 N–H and O–H groups in total. The van der Waals surface area contributed by atoms with Crippen molar-refractivity contribution < 1.29 is 9.59 Å². The molecule has 0 aromatic heterocycles. The highest BCUT2D eigenvalue weighted by atomic mass is 16.2. The van der Waals surface area contributed by atoms with Crippen molar-refractivity contribution >= 4 is 29.4 Å². The molecular weight excluding hydrogens is 352 g/mol. The van der Waals surface area contributed by atoms with E-state index in [-0.39, 0.29) is 24.7 Å². The first-order chi connectivity index (χ1) is 13.5. The summed E-state index contributed by atoms with van der Waals surface area (Å²) >= 11 is 0. The second kappa shape index (κ2) is 10.9. The molecule has 0 aliphatic carbocycles. The molecule has 0 atom stereocenters. The molecule has 0 aliphatic heterocycles. The van der Waals surface area contributed by atoms with Gasteiger partial charge in [-0.05, 0) is 50.6 Å². The first-order valence-electron chi connectivity index (χ1n) is 9.55.